The lowest BCUT2D eigenvalue weighted by molar-refractivity contribution is -0.121. The van der Waals surface area contributed by atoms with Gasteiger partial charge in [-0.1, -0.05) is 19.3 Å². The number of hydrogen-bond acceptors (Lipinski definition) is 3. The summed E-state index contributed by atoms with van der Waals surface area (Å²) in [4.78, 5) is 13.6. The fraction of sp³-hybridized carbons (Fsp3) is 0.929. The molecule has 1 N–H and O–H groups in total. The smallest absolute Gasteiger partial charge is 0.133 e. The number of carbonyl (C=O) groups is 1. The highest BCUT2D eigenvalue weighted by atomic mass is 16.3. The largest absolute Gasteiger partial charge is 0.391 e. The van der Waals surface area contributed by atoms with Gasteiger partial charge in [0.2, 0.25) is 0 Å². The zero-order valence-corrected chi connectivity index (χ0v) is 10.9. The van der Waals surface area contributed by atoms with Gasteiger partial charge in [-0.05, 0) is 32.7 Å². The summed E-state index contributed by atoms with van der Waals surface area (Å²) in [5.41, 5.74) is 0. The third-order valence-corrected chi connectivity index (χ3v) is 4.56. The number of likely N-dealkylation sites (N-methyl/N-ethyl adjacent to an activating group) is 1. The zero-order valence-electron chi connectivity index (χ0n) is 10.9. The molecule has 0 bridgehead atoms. The molecule has 0 spiro atoms. The molecule has 98 valence electrons. The molecule has 0 aliphatic heterocycles. The van der Waals surface area contributed by atoms with Gasteiger partial charge in [0.15, 0.2) is 0 Å². The molecule has 3 nitrogen and oxygen atoms in total. The number of aliphatic hydroxyl groups is 1. The molecule has 0 aromatic heterocycles. The van der Waals surface area contributed by atoms with Crippen molar-refractivity contribution in [2.24, 2.45) is 0 Å². The molecular weight excluding hydrogens is 214 g/mol. The molecule has 2 saturated carbocycles. The maximum absolute atomic E-state index is 11.3. The standard InChI is InChI=1S/C14H25NO2/c1-15(11-7-9-12(16)10-8-11)13-5-3-2-4-6-14(13)17/h11,13-14,17H,2-10H2,1H3. The SMILES string of the molecule is CN(C1CCC(=O)CC1)C1CCCCCC1O. The maximum atomic E-state index is 11.3. The normalized spacial score (nSPS) is 32.8. The second-order valence-corrected chi connectivity index (χ2v) is 5.71. The molecule has 2 aliphatic carbocycles. The molecule has 17 heavy (non-hydrogen) atoms. The summed E-state index contributed by atoms with van der Waals surface area (Å²) in [6, 6.07) is 0.821. The lowest BCUT2D eigenvalue weighted by atomic mass is 9.91. The topological polar surface area (TPSA) is 40.5 Å². The van der Waals surface area contributed by atoms with E-state index in [9.17, 15) is 9.90 Å². The minimum absolute atomic E-state index is 0.167. The molecule has 0 aromatic carbocycles. The second-order valence-electron chi connectivity index (χ2n) is 5.71. The number of aliphatic hydroxyl groups excluding tert-OH is 1. The first-order valence-electron chi connectivity index (χ1n) is 7.10. The van der Waals surface area contributed by atoms with Gasteiger partial charge in [0.05, 0.1) is 6.10 Å². The lowest BCUT2D eigenvalue weighted by Crippen LogP contribution is -2.47. The van der Waals surface area contributed by atoms with E-state index < -0.39 is 0 Å². The summed E-state index contributed by atoms with van der Waals surface area (Å²) in [6.45, 7) is 0. The molecule has 0 radical (unpaired) electrons. The average molecular weight is 239 g/mol. The lowest BCUT2D eigenvalue weighted by Gasteiger charge is -2.38. The van der Waals surface area contributed by atoms with Crippen LogP contribution in [0.15, 0.2) is 0 Å². The Kier molecular flexibility index (Phi) is 4.57. The predicted molar refractivity (Wildman–Crippen MR) is 67.9 cm³/mol. The summed E-state index contributed by atoms with van der Waals surface area (Å²) in [7, 11) is 2.14. The van der Waals surface area contributed by atoms with E-state index in [0.717, 1.165) is 44.9 Å². The molecule has 2 aliphatic rings. The van der Waals surface area contributed by atoms with Crippen molar-refractivity contribution in [2.75, 3.05) is 7.05 Å². The van der Waals surface area contributed by atoms with Crippen molar-refractivity contribution < 1.29 is 9.90 Å². The van der Waals surface area contributed by atoms with Gasteiger partial charge in [0, 0.05) is 24.9 Å². The molecule has 0 saturated heterocycles. The van der Waals surface area contributed by atoms with Crippen LogP contribution in [0.1, 0.15) is 57.8 Å². The summed E-state index contributed by atoms with van der Waals surface area (Å²) in [5.74, 6) is 0.413. The third-order valence-electron chi connectivity index (χ3n) is 4.56. The van der Waals surface area contributed by atoms with Crippen molar-refractivity contribution in [1.82, 2.24) is 4.90 Å². The second kappa shape index (κ2) is 5.96. The van der Waals surface area contributed by atoms with Crippen LogP contribution >= 0.6 is 0 Å². The third kappa shape index (κ3) is 3.29. The van der Waals surface area contributed by atoms with Crippen LogP contribution in [-0.2, 0) is 4.79 Å². The maximum Gasteiger partial charge on any atom is 0.133 e. The van der Waals surface area contributed by atoms with Crippen molar-refractivity contribution in [3.63, 3.8) is 0 Å². The van der Waals surface area contributed by atoms with Crippen LogP contribution in [0.3, 0.4) is 0 Å². The summed E-state index contributed by atoms with van der Waals surface area (Å²) in [6.07, 6.45) is 8.98. The van der Waals surface area contributed by atoms with Gasteiger partial charge in [0.25, 0.3) is 0 Å². The van der Waals surface area contributed by atoms with E-state index in [-0.39, 0.29) is 6.10 Å². The van der Waals surface area contributed by atoms with E-state index in [1.807, 2.05) is 0 Å². The Labute approximate surface area is 104 Å². The Morgan fingerprint density at radius 3 is 2.41 bits per heavy atom. The highest BCUT2D eigenvalue weighted by molar-refractivity contribution is 5.79. The molecule has 2 rings (SSSR count). The van der Waals surface area contributed by atoms with Gasteiger partial charge in [0.1, 0.15) is 5.78 Å². The monoisotopic (exact) mass is 239 g/mol. The Morgan fingerprint density at radius 1 is 1.06 bits per heavy atom. The fourth-order valence-corrected chi connectivity index (χ4v) is 3.35. The van der Waals surface area contributed by atoms with Crippen molar-refractivity contribution >= 4 is 5.78 Å². The zero-order chi connectivity index (χ0) is 12.3. The first kappa shape index (κ1) is 13.0. The van der Waals surface area contributed by atoms with Gasteiger partial charge in [-0.3, -0.25) is 9.69 Å². The van der Waals surface area contributed by atoms with Crippen LogP contribution in [0.5, 0.6) is 0 Å². The fourth-order valence-electron chi connectivity index (χ4n) is 3.35. The molecule has 0 aromatic rings. The van der Waals surface area contributed by atoms with Crippen LogP contribution in [0.2, 0.25) is 0 Å². The predicted octanol–water partition coefficient (Wildman–Crippen LogP) is 2.12. The Hall–Kier alpha value is -0.410. The molecule has 0 heterocycles. The molecular formula is C14H25NO2. The minimum Gasteiger partial charge on any atom is -0.391 e. The summed E-state index contributed by atoms with van der Waals surface area (Å²) in [5, 5.41) is 10.2. The Morgan fingerprint density at radius 2 is 1.71 bits per heavy atom. The quantitative estimate of drug-likeness (QED) is 0.750. The molecule has 0 amide bonds. The molecule has 3 heteroatoms. The summed E-state index contributed by atoms with van der Waals surface area (Å²) < 4.78 is 0. The number of rotatable bonds is 2. The number of Topliss-reactive ketones (excluding diaryl/α,β-unsaturated/α-hetero) is 1. The summed E-state index contributed by atoms with van der Waals surface area (Å²) >= 11 is 0. The van der Waals surface area contributed by atoms with E-state index in [1.54, 1.807) is 0 Å². The van der Waals surface area contributed by atoms with Gasteiger partial charge >= 0.3 is 0 Å². The average Bonchev–Trinajstić information content (AvgIpc) is 2.54. The van der Waals surface area contributed by atoms with E-state index in [4.69, 9.17) is 0 Å². The molecule has 2 unspecified atom stereocenters. The number of carbonyl (C=O) groups excluding carboxylic acids is 1. The van der Waals surface area contributed by atoms with E-state index in [1.165, 1.54) is 12.8 Å². The first-order chi connectivity index (χ1) is 8.18. The van der Waals surface area contributed by atoms with Gasteiger partial charge in [-0.2, -0.15) is 0 Å². The van der Waals surface area contributed by atoms with Crippen molar-refractivity contribution in [3.8, 4) is 0 Å². The first-order valence-corrected chi connectivity index (χ1v) is 7.10. The van der Waals surface area contributed by atoms with Gasteiger partial charge in [-0.15, -0.1) is 0 Å². The van der Waals surface area contributed by atoms with Crippen LogP contribution in [-0.4, -0.2) is 41.0 Å². The molecule has 2 fully saturated rings. The van der Waals surface area contributed by atoms with Crippen molar-refractivity contribution in [1.29, 1.82) is 0 Å². The van der Waals surface area contributed by atoms with E-state index in [0.29, 0.717) is 17.9 Å². The van der Waals surface area contributed by atoms with Crippen LogP contribution in [0.25, 0.3) is 0 Å². The van der Waals surface area contributed by atoms with E-state index >= 15 is 0 Å². The highest BCUT2D eigenvalue weighted by Gasteiger charge is 2.31. The minimum atomic E-state index is -0.167. The Bertz CT molecular complexity index is 257. The van der Waals surface area contributed by atoms with E-state index in [2.05, 4.69) is 11.9 Å². The van der Waals surface area contributed by atoms with Crippen LogP contribution in [0.4, 0.5) is 0 Å². The number of hydrogen-bond donors (Lipinski definition) is 1. The van der Waals surface area contributed by atoms with Crippen LogP contribution < -0.4 is 0 Å². The van der Waals surface area contributed by atoms with Gasteiger partial charge < -0.3 is 5.11 Å². The Balaban J connectivity index is 1.92. The van der Waals surface area contributed by atoms with Crippen molar-refractivity contribution in [3.05, 3.63) is 0 Å². The van der Waals surface area contributed by atoms with Crippen molar-refractivity contribution in [2.45, 2.75) is 76.0 Å². The number of ketones is 1. The van der Waals surface area contributed by atoms with Crippen LogP contribution in [0, 0.1) is 0 Å². The highest BCUT2D eigenvalue weighted by Crippen LogP contribution is 2.27. The number of nitrogens with zero attached hydrogens (tertiary/aromatic N) is 1. The van der Waals surface area contributed by atoms with Gasteiger partial charge in [-0.25, -0.2) is 0 Å². The molecule has 2 atom stereocenters.